The summed E-state index contributed by atoms with van der Waals surface area (Å²) in [5.74, 6) is 0.368. The van der Waals surface area contributed by atoms with Crippen molar-refractivity contribution in [2.24, 2.45) is 11.7 Å². The second kappa shape index (κ2) is 5.96. The van der Waals surface area contributed by atoms with Crippen molar-refractivity contribution < 1.29 is 14.6 Å². The van der Waals surface area contributed by atoms with E-state index >= 15 is 0 Å². The summed E-state index contributed by atoms with van der Waals surface area (Å²) in [6.45, 7) is 0.271. The fourth-order valence-corrected chi connectivity index (χ4v) is 3.21. The first kappa shape index (κ1) is 14.8. The van der Waals surface area contributed by atoms with Crippen LogP contribution in [0.3, 0.4) is 0 Å². The zero-order valence-corrected chi connectivity index (χ0v) is 12.7. The molecule has 118 valence electrons. The molecule has 1 amide bonds. The van der Waals surface area contributed by atoms with Crippen LogP contribution >= 0.6 is 0 Å². The molecule has 1 aromatic carbocycles. The third kappa shape index (κ3) is 2.66. The number of methoxy groups -OCH3 is 1. The summed E-state index contributed by atoms with van der Waals surface area (Å²) in [5, 5.41) is 14.7. The summed E-state index contributed by atoms with van der Waals surface area (Å²) < 4.78 is 7.19. The molecule has 1 heterocycles. The molecule has 22 heavy (non-hydrogen) atoms. The first-order valence-electron chi connectivity index (χ1n) is 7.60. The number of hydrogen-bond acceptors (Lipinski definition) is 4. The lowest BCUT2D eigenvalue weighted by molar-refractivity contribution is 0.0997. The van der Waals surface area contributed by atoms with E-state index in [0.717, 1.165) is 36.6 Å². The minimum Gasteiger partial charge on any atom is -0.496 e. The van der Waals surface area contributed by atoms with Crippen molar-refractivity contribution >= 4 is 16.8 Å². The predicted molar refractivity (Wildman–Crippen MR) is 82.9 cm³/mol. The summed E-state index contributed by atoms with van der Waals surface area (Å²) in [4.78, 5) is 11.5. The molecule has 1 aliphatic rings. The number of ether oxygens (including phenoxy) is 1. The number of aliphatic hydroxyl groups excluding tert-OH is 1. The lowest BCUT2D eigenvalue weighted by Gasteiger charge is -2.27. The molecular formula is C16H21N3O3. The molecule has 0 unspecified atom stereocenters. The van der Waals surface area contributed by atoms with Gasteiger partial charge in [-0.2, -0.15) is 5.10 Å². The summed E-state index contributed by atoms with van der Waals surface area (Å²) >= 11 is 0. The average Bonchev–Trinajstić information content (AvgIpc) is 2.96. The van der Waals surface area contributed by atoms with Crippen molar-refractivity contribution in [1.82, 2.24) is 9.78 Å². The van der Waals surface area contributed by atoms with Gasteiger partial charge in [0, 0.05) is 24.3 Å². The first-order valence-corrected chi connectivity index (χ1v) is 7.60. The zero-order valence-electron chi connectivity index (χ0n) is 12.7. The van der Waals surface area contributed by atoms with E-state index in [1.807, 2.05) is 10.9 Å². The first-order chi connectivity index (χ1) is 10.6. The Balaban J connectivity index is 1.91. The molecule has 3 N–H and O–H groups in total. The van der Waals surface area contributed by atoms with Crippen LogP contribution < -0.4 is 10.5 Å². The zero-order chi connectivity index (χ0) is 15.7. The van der Waals surface area contributed by atoms with E-state index < -0.39 is 5.91 Å². The maximum absolute atomic E-state index is 11.5. The molecule has 1 fully saturated rings. The number of nitrogens with zero attached hydrogens (tertiary/aromatic N) is 2. The quantitative estimate of drug-likeness (QED) is 0.902. The molecule has 0 aliphatic heterocycles. The van der Waals surface area contributed by atoms with Gasteiger partial charge in [-0.15, -0.1) is 0 Å². The molecule has 0 atom stereocenters. The highest BCUT2D eigenvalue weighted by molar-refractivity contribution is 6.00. The molecular weight excluding hydrogens is 282 g/mol. The number of benzene rings is 1. The number of nitrogens with two attached hydrogens (primary N) is 1. The minimum atomic E-state index is -0.505. The molecule has 0 saturated heterocycles. The van der Waals surface area contributed by atoms with Gasteiger partial charge < -0.3 is 15.6 Å². The largest absolute Gasteiger partial charge is 0.496 e. The van der Waals surface area contributed by atoms with E-state index in [9.17, 15) is 9.90 Å². The maximum atomic E-state index is 11.5. The van der Waals surface area contributed by atoms with Gasteiger partial charge in [0.25, 0.3) is 5.91 Å². The summed E-state index contributed by atoms with van der Waals surface area (Å²) in [7, 11) is 1.51. The number of carbonyl (C=O) groups excluding carboxylic acids is 1. The number of amides is 1. The lowest BCUT2D eigenvalue weighted by atomic mass is 9.87. The van der Waals surface area contributed by atoms with E-state index in [4.69, 9.17) is 10.5 Å². The summed E-state index contributed by atoms with van der Waals surface area (Å²) in [6, 6.07) is 3.84. The Morgan fingerprint density at radius 3 is 2.73 bits per heavy atom. The normalized spacial score (nSPS) is 21.9. The van der Waals surface area contributed by atoms with Crippen LogP contribution in [-0.4, -0.2) is 34.5 Å². The van der Waals surface area contributed by atoms with Crippen molar-refractivity contribution in [2.45, 2.75) is 31.7 Å². The minimum absolute atomic E-state index is 0.271. The number of hydrogen-bond donors (Lipinski definition) is 2. The summed E-state index contributed by atoms with van der Waals surface area (Å²) in [6.07, 6.45) is 6.03. The standard InChI is InChI=1S/C16H21N3O3/c1-22-15-7-14-11(6-13(15)16(17)21)8-19(18-14)12-4-2-10(9-20)3-5-12/h6-8,10,12,20H,2-5,9H2,1H3,(H2,17,21). The molecule has 0 bridgehead atoms. The van der Waals surface area contributed by atoms with Gasteiger partial charge in [-0.1, -0.05) is 0 Å². The van der Waals surface area contributed by atoms with Gasteiger partial charge in [0.15, 0.2) is 0 Å². The second-order valence-corrected chi connectivity index (χ2v) is 5.94. The van der Waals surface area contributed by atoms with Crippen molar-refractivity contribution in [3.63, 3.8) is 0 Å². The van der Waals surface area contributed by atoms with Crippen LogP contribution in [0.15, 0.2) is 18.3 Å². The number of fused-ring (bicyclic) bond motifs is 1. The Labute approximate surface area is 128 Å². The third-order valence-electron chi connectivity index (χ3n) is 4.56. The Kier molecular flexibility index (Phi) is 4.02. The molecule has 6 nitrogen and oxygen atoms in total. The number of rotatable bonds is 4. The van der Waals surface area contributed by atoms with Gasteiger partial charge >= 0.3 is 0 Å². The Bertz CT molecular complexity index is 687. The van der Waals surface area contributed by atoms with Crippen molar-refractivity contribution in [1.29, 1.82) is 0 Å². The highest BCUT2D eigenvalue weighted by atomic mass is 16.5. The van der Waals surface area contributed by atoms with E-state index in [-0.39, 0.29) is 6.61 Å². The Hall–Kier alpha value is -2.08. The molecule has 2 aromatic rings. The van der Waals surface area contributed by atoms with Crippen LogP contribution in [0.2, 0.25) is 0 Å². The van der Waals surface area contributed by atoms with Crippen molar-refractivity contribution in [3.05, 3.63) is 23.9 Å². The van der Waals surface area contributed by atoms with E-state index in [0.29, 0.717) is 23.3 Å². The number of primary amides is 1. The Morgan fingerprint density at radius 1 is 1.41 bits per heavy atom. The maximum Gasteiger partial charge on any atom is 0.252 e. The van der Waals surface area contributed by atoms with E-state index in [2.05, 4.69) is 5.10 Å². The van der Waals surface area contributed by atoms with Gasteiger partial charge in [-0.05, 0) is 37.7 Å². The van der Waals surface area contributed by atoms with E-state index in [1.54, 1.807) is 12.1 Å². The van der Waals surface area contributed by atoms with Gasteiger partial charge in [0.05, 0.1) is 24.2 Å². The highest BCUT2D eigenvalue weighted by Gasteiger charge is 2.23. The molecule has 0 radical (unpaired) electrons. The van der Waals surface area contributed by atoms with Crippen LogP contribution in [-0.2, 0) is 0 Å². The summed E-state index contributed by atoms with van der Waals surface area (Å²) in [5.41, 5.74) is 6.56. The van der Waals surface area contributed by atoms with Crippen LogP contribution in [0.1, 0.15) is 42.1 Å². The highest BCUT2D eigenvalue weighted by Crippen LogP contribution is 2.33. The topological polar surface area (TPSA) is 90.4 Å². The van der Waals surface area contributed by atoms with Crippen LogP contribution in [0.4, 0.5) is 0 Å². The van der Waals surface area contributed by atoms with Crippen molar-refractivity contribution in [2.75, 3.05) is 13.7 Å². The number of aromatic nitrogens is 2. The van der Waals surface area contributed by atoms with E-state index in [1.165, 1.54) is 7.11 Å². The number of carbonyl (C=O) groups is 1. The van der Waals surface area contributed by atoms with Gasteiger partial charge in [0.1, 0.15) is 5.75 Å². The Morgan fingerprint density at radius 2 is 2.14 bits per heavy atom. The molecule has 3 rings (SSSR count). The SMILES string of the molecule is COc1cc2nn(C3CCC(CO)CC3)cc2cc1C(N)=O. The van der Waals surface area contributed by atoms with Gasteiger partial charge in [-0.25, -0.2) is 0 Å². The molecule has 0 spiro atoms. The fourth-order valence-electron chi connectivity index (χ4n) is 3.21. The third-order valence-corrected chi connectivity index (χ3v) is 4.56. The van der Waals surface area contributed by atoms with Crippen LogP contribution in [0.25, 0.3) is 10.9 Å². The lowest BCUT2D eigenvalue weighted by Crippen LogP contribution is -2.20. The van der Waals surface area contributed by atoms with Crippen molar-refractivity contribution in [3.8, 4) is 5.75 Å². The monoisotopic (exact) mass is 303 g/mol. The molecule has 1 saturated carbocycles. The average molecular weight is 303 g/mol. The van der Waals surface area contributed by atoms with Gasteiger partial charge in [0.2, 0.25) is 0 Å². The predicted octanol–water partition coefficient (Wildman–Crippen LogP) is 1.87. The number of aliphatic hydroxyl groups is 1. The molecule has 1 aliphatic carbocycles. The second-order valence-electron chi connectivity index (χ2n) is 5.94. The molecule has 6 heteroatoms. The fraction of sp³-hybridized carbons (Fsp3) is 0.500. The molecule has 1 aromatic heterocycles. The van der Waals surface area contributed by atoms with Crippen LogP contribution in [0.5, 0.6) is 5.75 Å². The smallest absolute Gasteiger partial charge is 0.252 e. The van der Waals surface area contributed by atoms with Gasteiger partial charge in [-0.3, -0.25) is 9.48 Å². The van der Waals surface area contributed by atoms with Crippen LogP contribution in [0, 0.1) is 5.92 Å².